The van der Waals surface area contributed by atoms with Crippen LogP contribution in [0, 0.1) is 0 Å². The monoisotopic (exact) mass is 431 g/mol. The second-order valence-electron chi connectivity index (χ2n) is 7.04. The fourth-order valence-electron chi connectivity index (χ4n) is 3.23. The smallest absolute Gasteiger partial charge is 0.332 e. The van der Waals surface area contributed by atoms with Gasteiger partial charge in [0.15, 0.2) is 0 Å². The Balaban J connectivity index is 1.36. The zero-order valence-corrected chi connectivity index (χ0v) is 17.3. The van der Waals surface area contributed by atoms with Crippen LogP contribution in [-0.4, -0.2) is 40.9 Å². The van der Waals surface area contributed by atoms with Gasteiger partial charge in [-0.1, -0.05) is 18.2 Å². The van der Waals surface area contributed by atoms with Gasteiger partial charge in [0.25, 0.3) is 0 Å². The molecule has 1 saturated heterocycles. The molecule has 162 valence electrons. The number of hydrogen-bond donors (Lipinski definition) is 2. The summed E-state index contributed by atoms with van der Waals surface area (Å²) in [5.74, 6) is 1.21. The molecule has 32 heavy (non-hydrogen) atoms. The Hall–Kier alpha value is -4.40. The molecule has 2 aromatic carbocycles. The van der Waals surface area contributed by atoms with Crippen LogP contribution in [0.25, 0.3) is 0 Å². The quantitative estimate of drug-likeness (QED) is 0.627. The van der Waals surface area contributed by atoms with Crippen LogP contribution in [-0.2, 0) is 4.79 Å². The number of ether oxygens (including phenoxy) is 1. The highest BCUT2D eigenvalue weighted by Crippen LogP contribution is 2.25. The second kappa shape index (κ2) is 9.17. The molecular formula is C23H21N5O4. The van der Waals surface area contributed by atoms with E-state index in [1.807, 2.05) is 30.3 Å². The molecule has 3 aromatic rings. The van der Waals surface area contributed by atoms with Crippen molar-refractivity contribution in [3.63, 3.8) is 0 Å². The van der Waals surface area contributed by atoms with E-state index in [0.717, 1.165) is 5.69 Å². The highest BCUT2D eigenvalue weighted by molar-refractivity contribution is 6.08. The minimum Gasteiger partial charge on any atom is -0.457 e. The number of benzene rings is 2. The number of imide groups is 1. The summed E-state index contributed by atoms with van der Waals surface area (Å²) in [6.07, 6.45) is 1.53. The standard InChI is InChI=1S/C23H21N5O4/c1-16(29)25-21-15-20(11-12-24-21)32-19-9-7-17(8-10-19)26-22(30)28-14-13-27(23(28)31)18-5-3-2-4-6-18/h2-12,15H,13-14H2,1H3,(H,26,30)(H,24,25,29). The Bertz CT molecular complexity index is 1130. The van der Waals surface area contributed by atoms with E-state index in [1.54, 1.807) is 41.3 Å². The van der Waals surface area contributed by atoms with Crippen molar-refractivity contribution in [3.05, 3.63) is 72.9 Å². The number of nitrogens with one attached hydrogen (secondary N) is 2. The minimum absolute atomic E-state index is 0.224. The van der Waals surface area contributed by atoms with Crippen LogP contribution in [0.2, 0.25) is 0 Å². The average Bonchev–Trinajstić information content (AvgIpc) is 3.17. The summed E-state index contributed by atoms with van der Waals surface area (Å²) in [4.78, 5) is 43.2. The highest BCUT2D eigenvalue weighted by atomic mass is 16.5. The number of nitrogens with zero attached hydrogens (tertiary/aromatic N) is 3. The third-order valence-electron chi connectivity index (χ3n) is 4.70. The van der Waals surface area contributed by atoms with E-state index in [4.69, 9.17) is 4.74 Å². The van der Waals surface area contributed by atoms with Crippen molar-refractivity contribution >= 4 is 35.2 Å². The molecule has 4 rings (SSSR count). The molecule has 9 nitrogen and oxygen atoms in total. The Morgan fingerprint density at radius 3 is 2.41 bits per heavy atom. The van der Waals surface area contributed by atoms with E-state index < -0.39 is 6.03 Å². The summed E-state index contributed by atoms with van der Waals surface area (Å²) in [6, 6.07) is 18.4. The van der Waals surface area contributed by atoms with Gasteiger partial charge in [-0.2, -0.15) is 0 Å². The molecule has 0 saturated carbocycles. The number of carbonyl (C=O) groups is 3. The fourth-order valence-corrected chi connectivity index (χ4v) is 3.23. The first-order chi connectivity index (χ1) is 15.5. The van der Waals surface area contributed by atoms with Crippen LogP contribution in [0.5, 0.6) is 11.5 Å². The maximum Gasteiger partial charge on any atom is 0.332 e. The van der Waals surface area contributed by atoms with Crippen molar-refractivity contribution in [3.8, 4) is 11.5 Å². The number of hydrogen-bond acceptors (Lipinski definition) is 5. The van der Waals surface area contributed by atoms with E-state index in [1.165, 1.54) is 18.0 Å². The zero-order valence-electron chi connectivity index (χ0n) is 17.3. The number of pyridine rings is 1. The molecule has 1 aromatic heterocycles. The number of rotatable bonds is 5. The van der Waals surface area contributed by atoms with Gasteiger partial charge >= 0.3 is 12.1 Å². The van der Waals surface area contributed by atoms with Gasteiger partial charge in [0.1, 0.15) is 17.3 Å². The van der Waals surface area contributed by atoms with Crippen molar-refractivity contribution in [1.29, 1.82) is 0 Å². The minimum atomic E-state index is -0.490. The van der Waals surface area contributed by atoms with E-state index >= 15 is 0 Å². The molecule has 2 heterocycles. The van der Waals surface area contributed by atoms with E-state index in [9.17, 15) is 14.4 Å². The van der Waals surface area contributed by atoms with Crippen LogP contribution >= 0.6 is 0 Å². The third kappa shape index (κ3) is 4.84. The lowest BCUT2D eigenvalue weighted by atomic mass is 10.3. The molecule has 1 fully saturated rings. The maximum atomic E-state index is 12.6. The molecule has 0 aliphatic carbocycles. The number of carbonyl (C=O) groups excluding carboxylic acids is 3. The largest absolute Gasteiger partial charge is 0.457 e. The predicted molar refractivity (Wildman–Crippen MR) is 120 cm³/mol. The summed E-state index contributed by atoms with van der Waals surface area (Å²) in [5, 5.41) is 5.33. The van der Waals surface area contributed by atoms with E-state index in [-0.39, 0.29) is 11.9 Å². The van der Waals surface area contributed by atoms with Crippen LogP contribution in [0.3, 0.4) is 0 Å². The average molecular weight is 431 g/mol. The van der Waals surface area contributed by atoms with E-state index in [2.05, 4.69) is 15.6 Å². The number of anilines is 3. The summed E-state index contributed by atoms with van der Waals surface area (Å²) in [6.45, 7) is 2.14. The van der Waals surface area contributed by atoms with Gasteiger partial charge in [-0.3, -0.25) is 9.69 Å². The van der Waals surface area contributed by atoms with Crippen molar-refractivity contribution < 1.29 is 19.1 Å². The first-order valence-electron chi connectivity index (χ1n) is 9.96. The van der Waals surface area contributed by atoms with Gasteiger partial charge in [-0.15, -0.1) is 0 Å². The summed E-state index contributed by atoms with van der Waals surface area (Å²) < 4.78 is 5.77. The molecule has 0 unspecified atom stereocenters. The normalized spacial score (nSPS) is 13.1. The summed E-state index contributed by atoms with van der Waals surface area (Å²) in [7, 11) is 0. The third-order valence-corrected chi connectivity index (χ3v) is 4.70. The summed E-state index contributed by atoms with van der Waals surface area (Å²) in [5.41, 5.74) is 1.29. The molecule has 9 heteroatoms. The van der Waals surface area contributed by atoms with Crippen molar-refractivity contribution in [2.45, 2.75) is 6.92 Å². The fraction of sp³-hybridized carbons (Fsp3) is 0.130. The van der Waals surface area contributed by atoms with Gasteiger partial charge in [-0.05, 0) is 42.5 Å². The van der Waals surface area contributed by atoms with Crippen molar-refractivity contribution in [2.24, 2.45) is 0 Å². The first kappa shape index (κ1) is 20.9. The van der Waals surface area contributed by atoms with Crippen molar-refractivity contribution in [2.75, 3.05) is 28.6 Å². The molecule has 0 bridgehead atoms. The zero-order chi connectivity index (χ0) is 22.5. The maximum absolute atomic E-state index is 12.6. The predicted octanol–water partition coefficient (Wildman–Crippen LogP) is 4.31. The molecule has 0 atom stereocenters. The topological polar surface area (TPSA) is 104 Å². The van der Waals surface area contributed by atoms with Gasteiger partial charge in [0.05, 0.1) is 6.54 Å². The Morgan fingerprint density at radius 1 is 0.938 bits per heavy atom. The lowest BCUT2D eigenvalue weighted by molar-refractivity contribution is -0.114. The lowest BCUT2D eigenvalue weighted by Crippen LogP contribution is -2.39. The molecule has 1 aliphatic heterocycles. The van der Waals surface area contributed by atoms with Gasteiger partial charge in [-0.25, -0.2) is 19.5 Å². The van der Waals surface area contributed by atoms with Crippen LogP contribution < -0.4 is 20.3 Å². The van der Waals surface area contributed by atoms with E-state index in [0.29, 0.717) is 36.1 Å². The number of para-hydroxylation sites is 1. The number of urea groups is 2. The second-order valence-corrected chi connectivity index (χ2v) is 7.04. The van der Waals surface area contributed by atoms with Crippen LogP contribution in [0.1, 0.15) is 6.92 Å². The Kier molecular flexibility index (Phi) is 5.98. The summed E-state index contributed by atoms with van der Waals surface area (Å²) >= 11 is 0. The molecule has 1 aliphatic rings. The molecule has 2 N–H and O–H groups in total. The lowest BCUT2D eigenvalue weighted by Gasteiger charge is -2.18. The SMILES string of the molecule is CC(=O)Nc1cc(Oc2ccc(NC(=O)N3CCN(c4ccccc4)C3=O)cc2)ccn1. The first-order valence-corrected chi connectivity index (χ1v) is 9.96. The van der Waals surface area contributed by atoms with Crippen LogP contribution in [0.15, 0.2) is 72.9 Å². The van der Waals surface area contributed by atoms with Gasteiger partial charge in [0, 0.05) is 37.1 Å². The van der Waals surface area contributed by atoms with Gasteiger partial charge in [0.2, 0.25) is 5.91 Å². The molecule has 5 amide bonds. The molecule has 0 radical (unpaired) electrons. The number of aromatic nitrogens is 1. The Labute approximate surface area is 184 Å². The molecular weight excluding hydrogens is 410 g/mol. The van der Waals surface area contributed by atoms with Crippen LogP contribution in [0.4, 0.5) is 26.8 Å². The molecule has 0 spiro atoms. The number of amides is 5. The Morgan fingerprint density at radius 2 is 1.69 bits per heavy atom. The highest BCUT2D eigenvalue weighted by Gasteiger charge is 2.34. The van der Waals surface area contributed by atoms with Gasteiger partial charge < -0.3 is 15.4 Å². The van der Waals surface area contributed by atoms with Crippen molar-refractivity contribution in [1.82, 2.24) is 9.88 Å².